The maximum absolute atomic E-state index is 12.8. The summed E-state index contributed by atoms with van der Waals surface area (Å²) >= 11 is 6.08. The second-order valence-electron chi connectivity index (χ2n) is 8.09. The van der Waals surface area contributed by atoms with E-state index in [0.29, 0.717) is 44.2 Å². The zero-order chi connectivity index (χ0) is 25.8. The van der Waals surface area contributed by atoms with Gasteiger partial charge in [0.2, 0.25) is 26.0 Å². The minimum atomic E-state index is -4.03. The molecular weight excluding hydrogens is 516 g/mol. The maximum Gasteiger partial charge on any atom is 0.243 e. The van der Waals surface area contributed by atoms with Crippen LogP contribution in [-0.2, 0) is 24.8 Å². The Morgan fingerprint density at radius 3 is 2.20 bits per heavy atom. The fourth-order valence-corrected chi connectivity index (χ4v) is 6.36. The number of nitrogens with one attached hydrogen (secondary N) is 2. The predicted octanol–water partition coefficient (Wildman–Crippen LogP) is 1.98. The molecule has 0 unspecified atom stereocenters. The fourth-order valence-electron chi connectivity index (χ4n) is 3.41. The fraction of sp³-hybridized carbons (Fsp3) is 0.409. The number of benzene rings is 2. The molecule has 10 nitrogen and oxygen atoms in total. The average Bonchev–Trinajstić information content (AvgIpc) is 2.80. The standard InChI is InChI=1S/C22H29ClN4O6S2/c1-4-33-21-10-9-19(15-20(21)23)34(29,30)25-16(2)22(28)24-17-5-7-18(8-6-17)35(31,32)27-13-11-26(3)12-14-27/h5-10,15-16,25H,4,11-14H2,1-3H3,(H,24,28)/t16-/m0/s1. The summed E-state index contributed by atoms with van der Waals surface area (Å²) in [6.45, 7) is 5.69. The van der Waals surface area contributed by atoms with E-state index < -0.39 is 32.0 Å². The molecule has 0 bridgehead atoms. The molecule has 0 spiro atoms. The Kier molecular flexibility index (Phi) is 8.78. The zero-order valence-electron chi connectivity index (χ0n) is 19.7. The van der Waals surface area contributed by atoms with E-state index in [2.05, 4.69) is 14.9 Å². The van der Waals surface area contributed by atoms with Crippen LogP contribution in [0.5, 0.6) is 5.75 Å². The van der Waals surface area contributed by atoms with Crippen molar-refractivity contribution in [2.24, 2.45) is 0 Å². The van der Waals surface area contributed by atoms with Gasteiger partial charge >= 0.3 is 0 Å². The van der Waals surface area contributed by atoms with E-state index >= 15 is 0 Å². The summed E-state index contributed by atoms with van der Waals surface area (Å²) < 4.78 is 60.1. The number of nitrogens with zero attached hydrogens (tertiary/aromatic N) is 2. The molecule has 2 aromatic carbocycles. The molecule has 1 amide bonds. The summed E-state index contributed by atoms with van der Waals surface area (Å²) in [4.78, 5) is 14.7. The van der Waals surface area contributed by atoms with E-state index in [9.17, 15) is 21.6 Å². The van der Waals surface area contributed by atoms with Crippen molar-refractivity contribution in [3.8, 4) is 5.75 Å². The molecule has 2 N–H and O–H groups in total. The number of rotatable bonds is 9. The summed E-state index contributed by atoms with van der Waals surface area (Å²) in [5.41, 5.74) is 0.336. The van der Waals surface area contributed by atoms with Crippen LogP contribution in [0.25, 0.3) is 0 Å². The Labute approximate surface area is 211 Å². The largest absolute Gasteiger partial charge is 0.492 e. The van der Waals surface area contributed by atoms with Gasteiger partial charge in [-0.15, -0.1) is 0 Å². The van der Waals surface area contributed by atoms with Crippen LogP contribution in [0.4, 0.5) is 5.69 Å². The molecule has 1 heterocycles. The van der Waals surface area contributed by atoms with Crippen molar-refractivity contribution >= 4 is 43.2 Å². The van der Waals surface area contributed by atoms with Gasteiger partial charge in [-0.3, -0.25) is 4.79 Å². The normalized spacial score (nSPS) is 16.6. The van der Waals surface area contributed by atoms with E-state index in [4.69, 9.17) is 16.3 Å². The lowest BCUT2D eigenvalue weighted by molar-refractivity contribution is -0.117. The van der Waals surface area contributed by atoms with E-state index in [-0.39, 0.29) is 14.8 Å². The van der Waals surface area contributed by atoms with Crippen LogP contribution in [-0.4, -0.2) is 77.8 Å². The number of piperazine rings is 1. The quantitative estimate of drug-likeness (QED) is 0.494. The lowest BCUT2D eigenvalue weighted by atomic mass is 10.3. The molecule has 1 aliphatic rings. The number of likely N-dealkylation sites (N-methyl/N-ethyl adjacent to an activating group) is 1. The van der Waals surface area contributed by atoms with E-state index in [1.165, 1.54) is 53.7 Å². The molecule has 0 aliphatic carbocycles. The van der Waals surface area contributed by atoms with Crippen LogP contribution in [0.2, 0.25) is 5.02 Å². The van der Waals surface area contributed by atoms with Gasteiger partial charge in [-0.2, -0.15) is 9.03 Å². The third-order valence-corrected chi connectivity index (χ3v) is 9.21. The number of carbonyl (C=O) groups is 1. The second-order valence-corrected chi connectivity index (χ2v) is 12.1. The molecule has 1 fully saturated rings. The summed E-state index contributed by atoms with van der Waals surface area (Å²) in [7, 11) is -5.72. The van der Waals surface area contributed by atoms with Gasteiger partial charge in [0.15, 0.2) is 0 Å². The van der Waals surface area contributed by atoms with Crippen molar-refractivity contribution in [3.05, 3.63) is 47.5 Å². The number of amides is 1. The van der Waals surface area contributed by atoms with Gasteiger partial charge in [-0.1, -0.05) is 11.6 Å². The van der Waals surface area contributed by atoms with Gasteiger partial charge < -0.3 is 15.0 Å². The first-order valence-electron chi connectivity index (χ1n) is 11.0. The Morgan fingerprint density at radius 2 is 1.63 bits per heavy atom. The first kappa shape index (κ1) is 27.4. The number of sulfonamides is 2. The monoisotopic (exact) mass is 544 g/mol. The highest BCUT2D eigenvalue weighted by Gasteiger charge is 2.28. The highest BCUT2D eigenvalue weighted by molar-refractivity contribution is 7.89. The number of anilines is 1. The van der Waals surface area contributed by atoms with Gasteiger partial charge in [0.05, 0.1) is 27.5 Å². The summed E-state index contributed by atoms with van der Waals surface area (Å²) in [6.07, 6.45) is 0. The van der Waals surface area contributed by atoms with Crippen LogP contribution in [0.1, 0.15) is 13.8 Å². The molecule has 0 saturated carbocycles. The third-order valence-electron chi connectivity index (χ3n) is 5.46. The van der Waals surface area contributed by atoms with Crippen LogP contribution in [0.3, 0.4) is 0 Å². The smallest absolute Gasteiger partial charge is 0.243 e. The van der Waals surface area contributed by atoms with Crippen molar-refractivity contribution in [3.63, 3.8) is 0 Å². The van der Waals surface area contributed by atoms with Crippen LogP contribution in [0.15, 0.2) is 52.3 Å². The molecule has 1 aliphatic heterocycles. The van der Waals surface area contributed by atoms with Crippen LogP contribution < -0.4 is 14.8 Å². The maximum atomic E-state index is 12.8. The molecule has 13 heteroatoms. The molecule has 1 saturated heterocycles. The van der Waals surface area contributed by atoms with Gasteiger partial charge in [0.1, 0.15) is 5.75 Å². The predicted molar refractivity (Wildman–Crippen MR) is 134 cm³/mol. The highest BCUT2D eigenvalue weighted by Crippen LogP contribution is 2.27. The SMILES string of the molecule is CCOc1ccc(S(=O)(=O)N[C@@H](C)C(=O)Nc2ccc(S(=O)(=O)N3CCN(C)CC3)cc2)cc1Cl. The zero-order valence-corrected chi connectivity index (χ0v) is 22.1. The number of halogens is 1. The molecular formula is C22H29ClN4O6S2. The summed E-state index contributed by atoms with van der Waals surface area (Å²) in [5.74, 6) is -0.253. The minimum absolute atomic E-state index is 0.107. The van der Waals surface area contributed by atoms with E-state index in [1.807, 2.05) is 7.05 Å². The lowest BCUT2D eigenvalue weighted by Gasteiger charge is -2.31. The van der Waals surface area contributed by atoms with Gasteiger partial charge in [-0.25, -0.2) is 16.8 Å². The van der Waals surface area contributed by atoms with E-state index in [0.717, 1.165) is 0 Å². The molecule has 35 heavy (non-hydrogen) atoms. The number of hydrogen-bond acceptors (Lipinski definition) is 7. The second kappa shape index (κ2) is 11.2. The third kappa shape index (κ3) is 6.72. The molecule has 0 aromatic heterocycles. The Balaban J connectivity index is 1.63. The molecule has 192 valence electrons. The molecule has 0 radical (unpaired) electrons. The van der Waals surface area contributed by atoms with Crippen LogP contribution >= 0.6 is 11.6 Å². The number of hydrogen-bond donors (Lipinski definition) is 2. The van der Waals surface area contributed by atoms with E-state index in [1.54, 1.807) is 6.92 Å². The Morgan fingerprint density at radius 1 is 1.03 bits per heavy atom. The number of ether oxygens (including phenoxy) is 1. The van der Waals surface area contributed by atoms with Crippen LogP contribution in [0, 0.1) is 0 Å². The average molecular weight is 545 g/mol. The first-order valence-corrected chi connectivity index (χ1v) is 14.3. The lowest BCUT2D eigenvalue weighted by Crippen LogP contribution is -2.47. The molecule has 2 aromatic rings. The Bertz CT molecular complexity index is 1260. The van der Waals surface area contributed by atoms with Crippen molar-refractivity contribution in [2.45, 2.75) is 29.7 Å². The van der Waals surface area contributed by atoms with Crippen molar-refractivity contribution in [1.29, 1.82) is 0 Å². The number of carbonyl (C=O) groups excluding carboxylic acids is 1. The topological polar surface area (TPSA) is 125 Å². The van der Waals surface area contributed by atoms with Crippen molar-refractivity contribution in [2.75, 3.05) is 45.2 Å². The van der Waals surface area contributed by atoms with Gasteiger partial charge in [0.25, 0.3) is 0 Å². The van der Waals surface area contributed by atoms with Gasteiger partial charge in [0, 0.05) is 31.9 Å². The molecule has 3 rings (SSSR count). The minimum Gasteiger partial charge on any atom is -0.492 e. The van der Waals surface area contributed by atoms with Crippen molar-refractivity contribution < 1.29 is 26.4 Å². The first-order chi connectivity index (χ1) is 16.4. The summed E-state index contributed by atoms with van der Waals surface area (Å²) in [5, 5.41) is 2.73. The van der Waals surface area contributed by atoms with Crippen molar-refractivity contribution in [1.82, 2.24) is 13.9 Å². The highest BCUT2D eigenvalue weighted by atomic mass is 35.5. The van der Waals surface area contributed by atoms with Gasteiger partial charge in [-0.05, 0) is 63.4 Å². The molecule has 1 atom stereocenters. The Hall–Kier alpha value is -2.22. The summed E-state index contributed by atoms with van der Waals surface area (Å²) in [6, 6.07) is 8.69.